The first-order valence-corrected chi connectivity index (χ1v) is 8.92. The SMILES string of the molecule is COC(=O)COc1c(Cl)cc(/C=C(/C#N)C(=O)Nc2ccc(O)cc2)cc1Br. The van der Waals surface area contributed by atoms with Gasteiger partial charge in [0.05, 0.1) is 16.6 Å². The van der Waals surface area contributed by atoms with Crippen molar-refractivity contribution in [3.8, 4) is 17.6 Å². The third-order valence-electron chi connectivity index (χ3n) is 3.38. The summed E-state index contributed by atoms with van der Waals surface area (Å²) < 4.78 is 10.2. The molecule has 1 amide bonds. The molecule has 7 nitrogen and oxygen atoms in total. The van der Waals surface area contributed by atoms with E-state index < -0.39 is 11.9 Å². The summed E-state index contributed by atoms with van der Waals surface area (Å²) in [6, 6.07) is 10.7. The smallest absolute Gasteiger partial charge is 0.343 e. The molecule has 2 aromatic rings. The second-order valence-corrected chi connectivity index (χ2v) is 6.61. The molecule has 0 bridgehead atoms. The zero-order valence-electron chi connectivity index (χ0n) is 14.5. The first-order valence-electron chi connectivity index (χ1n) is 7.75. The summed E-state index contributed by atoms with van der Waals surface area (Å²) in [5.74, 6) is -0.893. The van der Waals surface area contributed by atoms with Crippen molar-refractivity contribution in [2.45, 2.75) is 0 Å². The lowest BCUT2D eigenvalue weighted by Gasteiger charge is -2.10. The van der Waals surface area contributed by atoms with Crippen LogP contribution in [0.15, 0.2) is 46.4 Å². The van der Waals surface area contributed by atoms with Gasteiger partial charge >= 0.3 is 5.97 Å². The molecule has 2 rings (SSSR count). The predicted molar refractivity (Wildman–Crippen MR) is 107 cm³/mol. The van der Waals surface area contributed by atoms with Gasteiger partial charge in [0.25, 0.3) is 5.91 Å². The molecule has 0 aliphatic heterocycles. The summed E-state index contributed by atoms with van der Waals surface area (Å²) in [4.78, 5) is 23.5. The Labute approximate surface area is 174 Å². The second-order valence-electron chi connectivity index (χ2n) is 5.35. The number of nitrogens with one attached hydrogen (secondary N) is 1. The molecule has 0 atom stereocenters. The van der Waals surface area contributed by atoms with Crippen LogP contribution in [0.2, 0.25) is 5.02 Å². The average Bonchev–Trinajstić information content (AvgIpc) is 2.66. The van der Waals surface area contributed by atoms with E-state index >= 15 is 0 Å². The van der Waals surface area contributed by atoms with Crippen molar-refractivity contribution in [1.29, 1.82) is 5.26 Å². The number of nitriles is 1. The minimum atomic E-state index is -0.619. The fourth-order valence-electron chi connectivity index (χ4n) is 2.05. The maximum absolute atomic E-state index is 12.3. The van der Waals surface area contributed by atoms with Crippen LogP contribution in [-0.4, -0.2) is 30.7 Å². The van der Waals surface area contributed by atoms with Crippen molar-refractivity contribution in [2.75, 3.05) is 19.0 Å². The topological polar surface area (TPSA) is 109 Å². The van der Waals surface area contributed by atoms with Crippen LogP contribution in [0.1, 0.15) is 5.56 Å². The van der Waals surface area contributed by atoms with E-state index in [4.69, 9.17) is 16.3 Å². The Bertz CT molecular complexity index is 944. The van der Waals surface area contributed by atoms with Gasteiger partial charge < -0.3 is 19.9 Å². The standard InChI is InChI=1S/C19H14BrClN2O5/c1-27-17(25)10-28-18-15(20)7-11(8-16(18)21)6-12(9-22)19(26)23-13-2-4-14(24)5-3-13/h2-8,24H,10H2,1H3,(H,23,26)/b12-6-. The summed E-state index contributed by atoms with van der Waals surface area (Å²) in [7, 11) is 1.24. The molecule has 0 heterocycles. The van der Waals surface area contributed by atoms with E-state index in [1.54, 1.807) is 6.07 Å². The van der Waals surface area contributed by atoms with Crippen molar-refractivity contribution in [3.63, 3.8) is 0 Å². The second kappa shape index (κ2) is 9.78. The van der Waals surface area contributed by atoms with Gasteiger partial charge in [-0.15, -0.1) is 0 Å². The van der Waals surface area contributed by atoms with E-state index in [2.05, 4.69) is 26.0 Å². The number of rotatable bonds is 6. The number of phenolic OH excluding ortho intramolecular Hbond substituents is 1. The molecule has 0 saturated carbocycles. The lowest BCUT2D eigenvalue weighted by Crippen LogP contribution is -2.13. The Balaban J connectivity index is 2.21. The van der Waals surface area contributed by atoms with Gasteiger partial charge in [-0.3, -0.25) is 4.79 Å². The average molecular weight is 466 g/mol. The predicted octanol–water partition coefficient (Wildman–Crippen LogP) is 3.91. The molecule has 0 aliphatic carbocycles. The molecular formula is C19H14BrClN2O5. The lowest BCUT2D eigenvalue weighted by molar-refractivity contribution is -0.142. The number of halogens is 2. The van der Waals surface area contributed by atoms with Crippen LogP contribution in [0.25, 0.3) is 6.08 Å². The van der Waals surface area contributed by atoms with E-state index in [1.807, 2.05) is 6.07 Å². The van der Waals surface area contributed by atoms with Crippen molar-refractivity contribution >= 4 is 51.2 Å². The van der Waals surface area contributed by atoms with Gasteiger partial charge in [0.2, 0.25) is 0 Å². The molecule has 2 aromatic carbocycles. The largest absolute Gasteiger partial charge is 0.508 e. The summed E-state index contributed by atoms with van der Waals surface area (Å²) >= 11 is 9.45. The highest BCUT2D eigenvalue weighted by molar-refractivity contribution is 9.10. The first-order chi connectivity index (χ1) is 13.3. The van der Waals surface area contributed by atoms with Crippen LogP contribution >= 0.6 is 27.5 Å². The van der Waals surface area contributed by atoms with Gasteiger partial charge in [-0.1, -0.05) is 11.6 Å². The minimum absolute atomic E-state index is 0.0584. The number of ether oxygens (including phenoxy) is 2. The molecule has 0 unspecified atom stereocenters. The summed E-state index contributed by atoms with van der Waals surface area (Å²) in [6.07, 6.45) is 1.36. The molecular weight excluding hydrogens is 452 g/mol. The van der Waals surface area contributed by atoms with Crippen LogP contribution in [0.5, 0.6) is 11.5 Å². The van der Waals surface area contributed by atoms with Crippen LogP contribution in [0.4, 0.5) is 5.69 Å². The van der Waals surface area contributed by atoms with E-state index in [0.717, 1.165) is 0 Å². The van der Waals surface area contributed by atoms with Gasteiger partial charge in [-0.05, 0) is 64.0 Å². The number of esters is 1. The number of hydrogen-bond acceptors (Lipinski definition) is 6. The third-order valence-corrected chi connectivity index (χ3v) is 4.25. The summed E-state index contributed by atoms with van der Waals surface area (Å²) in [6.45, 7) is -0.317. The highest BCUT2D eigenvalue weighted by Crippen LogP contribution is 2.35. The van der Waals surface area contributed by atoms with Gasteiger partial charge in [-0.2, -0.15) is 5.26 Å². The van der Waals surface area contributed by atoms with Gasteiger partial charge in [0.15, 0.2) is 12.4 Å². The van der Waals surface area contributed by atoms with E-state index in [9.17, 15) is 20.0 Å². The number of benzene rings is 2. The number of methoxy groups -OCH3 is 1. The number of anilines is 1. The number of hydrogen-bond donors (Lipinski definition) is 2. The Kier molecular flexibility index (Phi) is 7.44. The number of nitrogens with zero attached hydrogens (tertiary/aromatic N) is 1. The summed E-state index contributed by atoms with van der Waals surface area (Å²) in [5.41, 5.74) is 0.744. The number of amides is 1. The monoisotopic (exact) mass is 464 g/mol. The van der Waals surface area contributed by atoms with Crippen molar-refractivity contribution in [2.24, 2.45) is 0 Å². The third kappa shape index (κ3) is 5.74. The molecule has 2 N–H and O–H groups in total. The van der Waals surface area contributed by atoms with Crippen LogP contribution in [-0.2, 0) is 14.3 Å². The Morgan fingerprint density at radius 3 is 2.57 bits per heavy atom. The van der Waals surface area contributed by atoms with Crippen LogP contribution in [0.3, 0.4) is 0 Å². The highest BCUT2D eigenvalue weighted by Gasteiger charge is 2.14. The molecule has 0 aliphatic rings. The molecule has 0 saturated heterocycles. The number of carbonyl (C=O) groups excluding carboxylic acids is 2. The van der Waals surface area contributed by atoms with Crippen LogP contribution < -0.4 is 10.1 Å². The molecule has 144 valence electrons. The lowest BCUT2D eigenvalue weighted by atomic mass is 10.1. The Morgan fingerprint density at radius 2 is 2.00 bits per heavy atom. The number of aromatic hydroxyl groups is 1. The van der Waals surface area contributed by atoms with E-state index in [1.165, 1.54) is 43.5 Å². The Hall–Kier alpha value is -3.02. The van der Waals surface area contributed by atoms with Crippen molar-refractivity contribution in [3.05, 3.63) is 57.0 Å². The van der Waals surface area contributed by atoms with Crippen LogP contribution in [0, 0.1) is 11.3 Å². The molecule has 0 aromatic heterocycles. The number of carbonyl (C=O) groups is 2. The molecule has 0 radical (unpaired) electrons. The van der Waals surface area contributed by atoms with E-state index in [-0.39, 0.29) is 28.7 Å². The van der Waals surface area contributed by atoms with Gasteiger partial charge in [0, 0.05) is 5.69 Å². The Morgan fingerprint density at radius 1 is 1.32 bits per heavy atom. The van der Waals surface area contributed by atoms with Gasteiger partial charge in [0.1, 0.15) is 17.4 Å². The molecule has 0 fully saturated rings. The maximum Gasteiger partial charge on any atom is 0.343 e. The molecule has 0 spiro atoms. The maximum atomic E-state index is 12.3. The minimum Gasteiger partial charge on any atom is -0.508 e. The van der Waals surface area contributed by atoms with Crippen molar-refractivity contribution < 1.29 is 24.2 Å². The highest BCUT2D eigenvalue weighted by atomic mass is 79.9. The fourth-order valence-corrected chi connectivity index (χ4v) is 3.04. The first kappa shape index (κ1) is 21.3. The molecule has 28 heavy (non-hydrogen) atoms. The quantitative estimate of drug-likeness (QED) is 0.290. The number of phenols is 1. The zero-order chi connectivity index (χ0) is 20.7. The molecule has 9 heteroatoms. The van der Waals surface area contributed by atoms with E-state index in [0.29, 0.717) is 15.7 Å². The zero-order valence-corrected chi connectivity index (χ0v) is 16.9. The van der Waals surface area contributed by atoms with Gasteiger partial charge in [-0.25, -0.2) is 4.79 Å². The fraction of sp³-hybridized carbons (Fsp3) is 0.105. The normalized spacial score (nSPS) is 10.7. The summed E-state index contributed by atoms with van der Waals surface area (Å²) in [5, 5.41) is 21.3. The van der Waals surface area contributed by atoms with Crippen molar-refractivity contribution in [1.82, 2.24) is 0 Å².